The maximum atomic E-state index is 14.3. The molecule has 1 heterocycles. The van der Waals surface area contributed by atoms with Crippen molar-refractivity contribution in [2.45, 2.75) is 26.2 Å². The fraction of sp³-hybridized carbons (Fsp3) is 0.263. The number of hydrogen-bond donors (Lipinski definition) is 1. The van der Waals surface area contributed by atoms with Gasteiger partial charge in [-0.25, -0.2) is 18.2 Å². The van der Waals surface area contributed by atoms with Crippen LogP contribution < -0.4 is 5.32 Å². The average molecular weight is 376 g/mol. The Balaban J connectivity index is 1.90. The molecule has 1 aromatic heterocycles. The molecular formula is C19H15F3N2OS. The molecule has 1 amide bonds. The number of anilines is 1. The van der Waals surface area contributed by atoms with Gasteiger partial charge in [0.05, 0.1) is 10.2 Å². The minimum absolute atomic E-state index is 0.239. The third kappa shape index (κ3) is 3.51. The van der Waals surface area contributed by atoms with Gasteiger partial charge in [-0.15, -0.1) is 6.42 Å². The highest BCUT2D eigenvalue weighted by Crippen LogP contribution is 2.49. The number of benzene rings is 1. The summed E-state index contributed by atoms with van der Waals surface area (Å²) in [5, 5.41) is 2.67. The lowest BCUT2D eigenvalue weighted by atomic mass is 10.00. The van der Waals surface area contributed by atoms with Gasteiger partial charge in [0.25, 0.3) is 5.92 Å². The Hall–Kier alpha value is -2.59. The molecule has 1 unspecified atom stereocenters. The quantitative estimate of drug-likeness (QED) is 0.591. The van der Waals surface area contributed by atoms with Gasteiger partial charge in [-0.05, 0) is 31.5 Å². The number of thiazole rings is 1. The van der Waals surface area contributed by atoms with Crippen LogP contribution >= 0.6 is 11.3 Å². The second-order valence-electron chi connectivity index (χ2n) is 6.24. The van der Waals surface area contributed by atoms with Gasteiger partial charge in [0.1, 0.15) is 11.7 Å². The van der Waals surface area contributed by atoms with Crippen LogP contribution in [0.2, 0.25) is 0 Å². The van der Waals surface area contributed by atoms with E-state index in [1.54, 1.807) is 32.0 Å². The summed E-state index contributed by atoms with van der Waals surface area (Å²) in [6.07, 6.45) is 5.77. The van der Waals surface area contributed by atoms with Crippen LogP contribution in [0.1, 0.15) is 25.8 Å². The molecule has 1 aliphatic carbocycles. The second-order valence-corrected chi connectivity index (χ2v) is 7.27. The summed E-state index contributed by atoms with van der Waals surface area (Å²) in [5.74, 6) is -3.29. The third-order valence-corrected chi connectivity index (χ3v) is 4.93. The van der Waals surface area contributed by atoms with Gasteiger partial charge >= 0.3 is 0 Å². The number of rotatable bonds is 4. The van der Waals surface area contributed by atoms with E-state index in [2.05, 4.69) is 16.2 Å². The molecule has 1 aliphatic rings. The van der Waals surface area contributed by atoms with Crippen molar-refractivity contribution in [2.75, 3.05) is 5.32 Å². The summed E-state index contributed by atoms with van der Waals surface area (Å²) in [4.78, 5) is 16.0. The van der Waals surface area contributed by atoms with Crippen molar-refractivity contribution in [3.05, 3.63) is 41.2 Å². The van der Waals surface area contributed by atoms with E-state index in [9.17, 15) is 18.0 Å². The molecule has 0 saturated heterocycles. The number of hydrogen-bond acceptors (Lipinski definition) is 3. The molecule has 1 N–H and O–H groups in total. The first kappa shape index (κ1) is 18.2. The van der Waals surface area contributed by atoms with E-state index in [0.717, 1.165) is 23.0 Å². The average Bonchev–Trinajstić information content (AvgIpc) is 3.00. The fourth-order valence-electron chi connectivity index (χ4n) is 2.63. The number of nitrogens with zero attached hydrogens (tertiary/aromatic N) is 1. The van der Waals surface area contributed by atoms with Crippen molar-refractivity contribution in [1.29, 1.82) is 0 Å². The summed E-state index contributed by atoms with van der Waals surface area (Å²) in [5.41, 5.74) is 2.35. The molecule has 0 bridgehead atoms. The third-order valence-electron chi connectivity index (χ3n) is 4.00. The zero-order valence-corrected chi connectivity index (χ0v) is 14.9. The molecule has 0 radical (unpaired) electrons. The van der Waals surface area contributed by atoms with Crippen molar-refractivity contribution in [3.8, 4) is 12.3 Å². The molecule has 26 heavy (non-hydrogen) atoms. The zero-order chi connectivity index (χ0) is 19.1. The molecule has 3 rings (SSSR count). The topological polar surface area (TPSA) is 42.0 Å². The largest absolute Gasteiger partial charge is 0.302 e. The molecule has 3 nitrogen and oxygen atoms in total. The number of nitrogens with one attached hydrogen (secondary N) is 1. The normalized spacial score (nSPS) is 18.3. The van der Waals surface area contributed by atoms with Gasteiger partial charge in [0.2, 0.25) is 5.91 Å². The van der Waals surface area contributed by atoms with Crippen LogP contribution in [0.15, 0.2) is 35.7 Å². The van der Waals surface area contributed by atoms with Crippen LogP contribution in [-0.4, -0.2) is 16.8 Å². The molecule has 1 aromatic carbocycles. The summed E-state index contributed by atoms with van der Waals surface area (Å²) >= 11 is 1.15. The van der Waals surface area contributed by atoms with Crippen LogP contribution in [-0.2, 0) is 4.79 Å². The van der Waals surface area contributed by atoms with Gasteiger partial charge < -0.3 is 5.32 Å². The molecule has 1 saturated carbocycles. The van der Waals surface area contributed by atoms with Gasteiger partial charge in [0, 0.05) is 18.1 Å². The monoisotopic (exact) mass is 376 g/mol. The number of aromatic nitrogens is 1. The van der Waals surface area contributed by atoms with E-state index in [1.165, 1.54) is 0 Å². The fourth-order valence-corrected chi connectivity index (χ4v) is 3.54. The van der Waals surface area contributed by atoms with Crippen molar-refractivity contribution in [2.24, 2.45) is 5.92 Å². The minimum atomic E-state index is -2.92. The molecule has 0 spiro atoms. The number of amides is 1. The Morgan fingerprint density at radius 1 is 1.46 bits per heavy atom. The lowest BCUT2D eigenvalue weighted by molar-refractivity contribution is -0.119. The summed E-state index contributed by atoms with van der Waals surface area (Å²) in [6.45, 7) is 3.55. The lowest BCUT2D eigenvalue weighted by Gasteiger charge is -2.07. The first-order valence-corrected chi connectivity index (χ1v) is 8.64. The van der Waals surface area contributed by atoms with Crippen molar-refractivity contribution >= 4 is 38.2 Å². The zero-order valence-electron chi connectivity index (χ0n) is 14.1. The summed E-state index contributed by atoms with van der Waals surface area (Å²) in [7, 11) is 0. The SMILES string of the molecule is C#C/C=C(/F)C(=C(C)C)c1ccc2nc(NC(=O)C3CC3(F)F)sc2c1. The van der Waals surface area contributed by atoms with Crippen molar-refractivity contribution < 1.29 is 18.0 Å². The van der Waals surface area contributed by atoms with E-state index >= 15 is 0 Å². The number of carbonyl (C=O) groups is 1. The number of alkyl halides is 2. The van der Waals surface area contributed by atoms with E-state index in [1.807, 2.05) is 0 Å². The van der Waals surface area contributed by atoms with Crippen LogP contribution in [0, 0.1) is 18.3 Å². The highest BCUT2D eigenvalue weighted by Gasteiger charge is 2.61. The first-order valence-electron chi connectivity index (χ1n) is 7.82. The number of carbonyl (C=O) groups excluding carboxylic acids is 1. The van der Waals surface area contributed by atoms with Crippen LogP contribution in [0.3, 0.4) is 0 Å². The first-order chi connectivity index (χ1) is 12.2. The van der Waals surface area contributed by atoms with Gasteiger partial charge in [0.15, 0.2) is 5.13 Å². The highest BCUT2D eigenvalue weighted by atomic mass is 32.1. The van der Waals surface area contributed by atoms with Crippen LogP contribution in [0.4, 0.5) is 18.3 Å². The predicted octanol–water partition coefficient (Wildman–Crippen LogP) is 5.17. The van der Waals surface area contributed by atoms with Crippen molar-refractivity contribution in [1.82, 2.24) is 4.98 Å². The molecule has 1 fully saturated rings. The number of halogens is 3. The maximum Gasteiger partial charge on any atom is 0.260 e. The maximum absolute atomic E-state index is 14.3. The Bertz CT molecular complexity index is 994. The molecular weight excluding hydrogens is 361 g/mol. The van der Waals surface area contributed by atoms with E-state index < -0.39 is 30.0 Å². The Morgan fingerprint density at radius 2 is 2.15 bits per heavy atom. The molecule has 134 valence electrons. The predicted molar refractivity (Wildman–Crippen MR) is 97.6 cm³/mol. The van der Waals surface area contributed by atoms with Gasteiger partial charge in [-0.3, -0.25) is 4.79 Å². The Labute approximate surface area is 152 Å². The second kappa shape index (κ2) is 6.61. The number of fused-ring (bicyclic) bond motifs is 1. The molecule has 1 atom stereocenters. The highest BCUT2D eigenvalue weighted by molar-refractivity contribution is 7.22. The smallest absolute Gasteiger partial charge is 0.260 e. The minimum Gasteiger partial charge on any atom is -0.302 e. The van der Waals surface area contributed by atoms with E-state index in [-0.39, 0.29) is 5.13 Å². The molecule has 0 aliphatic heterocycles. The Morgan fingerprint density at radius 3 is 2.73 bits per heavy atom. The standard InChI is InChI=1S/C19H15F3N2OS/c1-4-5-13(20)16(10(2)3)11-6-7-14-15(8-11)26-18(23-14)24-17(25)12-9-19(12,21)22/h1,5-8,12H,9H2,2-3H3,(H,23,24,25)/b13-5+. The van der Waals surface area contributed by atoms with Crippen molar-refractivity contribution in [3.63, 3.8) is 0 Å². The van der Waals surface area contributed by atoms with Crippen LogP contribution in [0.5, 0.6) is 0 Å². The number of allylic oxidation sites excluding steroid dienone is 4. The lowest BCUT2D eigenvalue weighted by Crippen LogP contribution is -2.17. The van der Waals surface area contributed by atoms with Gasteiger partial charge in [-0.2, -0.15) is 0 Å². The Kier molecular flexibility index (Phi) is 4.63. The molecule has 7 heteroatoms. The van der Waals surface area contributed by atoms with Crippen LogP contribution in [0.25, 0.3) is 15.8 Å². The number of terminal acetylenes is 1. The summed E-state index contributed by atoms with van der Waals surface area (Å²) in [6, 6.07) is 5.13. The van der Waals surface area contributed by atoms with E-state index in [0.29, 0.717) is 21.4 Å². The summed E-state index contributed by atoms with van der Waals surface area (Å²) < 4.78 is 40.9. The van der Waals surface area contributed by atoms with E-state index in [4.69, 9.17) is 6.42 Å². The van der Waals surface area contributed by atoms with Gasteiger partial charge in [-0.1, -0.05) is 28.9 Å². The molecule has 2 aromatic rings.